The number of hydrogen-bond donors (Lipinski definition) is 1. The van der Waals surface area contributed by atoms with Gasteiger partial charge in [-0.15, -0.1) is 0 Å². The summed E-state index contributed by atoms with van der Waals surface area (Å²) in [4.78, 5) is 23.5. The Morgan fingerprint density at radius 2 is 1.45 bits per heavy atom. The van der Waals surface area contributed by atoms with Gasteiger partial charge < -0.3 is 19.5 Å². The number of esters is 1. The molecule has 0 saturated heterocycles. The van der Waals surface area contributed by atoms with Crippen LogP contribution in [0.4, 0.5) is 31.1 Å². The van der Waals surface area contributed by atoms with Crippen LogP contribution in [0.3, 0.4) is 0 Å². The highest BCUT2D eigenvalue weighted by atomic mass is 19.4. The Hall–Kier alpha value is -2.66. The van der Waals surface area contributed by atoms with E-state index in [4.69, 9.17) is 9.47 Å². The molecular formula is C17H19F6NO5. The summed E-state index contributed by atoms with van der Waals surface area (Å²) in [7, 11) is 0.970. The zero-order valence-electron chi connectivity index (χ0n) is 15.8. The van der Waals surface area contributed by atoms with Gasteiger partial charge in [-0.3, -0.25) is 0 Å². The van der Waals surface area contributed by atoms with Crippen LogP contribution >= 0.6 is 0 Å². The molecule has 0 saturated carbocycles. The number of ether oxygens (including phenoxy) is 3. The third kappa shape index (κ3) is 8.08. The molecule has 0 radical (unpaired) electrons. The van der Waals surface area contributed by atoms with Gasteiger partial charge in [0.05, 0.1) is 18.2 Å². The molecule has 6 nitrogen and oxygen atoms in total. The van der Waals surface area contributed by atoms with Gasteiger partial charge in [0.15, 0.2) is 6.04 Å². The number of carbonyl (C=O) groups excluding carboxylic acids is 2. The minimum atomic E-state index is -5.06. The Labute approximate surface area is 162 Å². The molecule has 164 valence electrons. The number of nitrogens with one attached hydrogen (secondary N) is 1. The van der Waals surface area contributed by atoms with E-state index in [-0.39, 0.29) is 6.07 Å². The lowest BCUT2D eigenvalue weighted by atomic mass is 10.1. The lowest BCUT2D eigenvalue weighted by molar-refractivity contribution is -0.145. The van der Waals surface area contributed by atoms with Crippen molar-refractivity contribution in [2.45, 2.75) is 44.8 Å². The fourth-order valence-corrected chi connectivity index (χ4v) is 1.95. The Balaban J connectivity index is 3.06. The maximum Gasteiger partial charge on any atom is 0.416 e. The van der Waals surface area contributed by atoms with Crippen LogP contribution in [0.1, 0.15) is 31.9 Å². The molecule has 0 spiro atoms. The first-order chi connectivity index (χ1) is 13.0. The van der Waals surface area contributed by atoms with Gasteiger partial charge in [0.1, 0.15) is 18.0 Å². The second kappa shape index (κ2) is 8.78. The molecule has 0 aromatic heterocycles. The van der Waals surface area contributed by atoms with Crippen LogP contribution in [0.5, 0.6) is 5.75 Å². The molecule has 0 aliphatic carbocycles. The van der Waals surface area contributed by atoms with Crippen molar-refractivity contribution in [1.29, 1.82) is 0 Å². The van der Waals surface area contributed by atoms with Crippen molar-refractivity contribution in [2.75, 3.05) is 13.7 Å². The molecule has 0 heterocycles. The number of alkyl halides is 6. The highest BCUT2D eigenvalue weighted by Crippen LogP contribution is 2.38. The zero-order valence-corrected chi connectivity index (χ0v) is 15.8. The number of benzene rings is 1. The summed E-state index contributed by atoms with van der Waals surface area (Å²) in [6.45, 7) is 3.82. The molecule has 1 unspecified atom stereocenters. The van der Waals surface area contributed by atoms with Gasteiger partial charge in [-0.25, -0.2) is 9.59 Å². The van der Waals surface area contributed by atoms with E-state index in [1.54, 1.807) is 0 Å². The van der Waals surface area contributed by atoms with Gasteiger partial charge in [0.2, 0.25) is 0 Å². The maximum atomic E-state index is 12.9. The van der Waals surface area contributed by atoms with Gasteiger partial charge >= 0.3 is 24.4 Å². The van der Waals surface area contributed by atoms with E-state index < -0.39 is 59.5 Å². The van der Waals surface area contributed by atoms with Crippen molar-refractivity contribution in [3.8, 4) is 5.75 Å². The van der Waals surface area contributed by atoms with E-state index in [0.29, 0.717) is 12.1 Å². The van der Waals surface area contributed by atoms with Gasteiger partial charge in [-0.1, -0.05) is 0 Å². The van der Waals surface area contributed by atoms with E-state index in [9.17, 15) is 35.9 Å². The minimum Gasteiger partial charge on any atom is -0.491 e. The van der Waals surface area contributed by atoms with Crippen LogP contribution in [0.25, 0.3) is 0 Å². The van der Waals surface area contributed by atoms with Crippen molar-refractivity contribution >= 4 is 12.1 Å². The van der Waals surface area contributed by atoms with Crippen LogP contribution in [-0.4, -0.2) is 37.4 Å². The molecule has 29 heavy (non-hydrogen) atoms. The number of amides is 1. The number of hydrogen-bond acceptors (Lipinski definition) is 5. The molecule has 1 aromatic carbocycles. The van der Waals surface area contributed by atoms with E-state index >= 15 is 0 Å². The molecule has 1 N–H and O–H groups in total. The number of alkyl carbamates (subject to hydrolysis) is 1. The third-order valence-corrected chi connectivity index (χ3v) is 3.15. The largest absolute Gasteiger partial charge is 0.491 e. The van der Waals surface area contributed by atoms with E-state index in [2.05, 4.69) is 10.1 Å². The lowest BCUT2D eigenvalue weighted by Crippen LogP contribution is -2.47. The summed E-state index contributed by atoms with van der Waals surface area (Å²) in [6, 6.07) is -0.920. The monoisotopic (exact) mass is 431 g/mol. The van der Waals surface area contributed by atoms with E-state index in [0.717, 1.165) is 7.11 Å². The van der Waals surface area contributed by atoms with Gasteiger partial charge in [0, 0.05) is 0 Å². The SMILES string of the molecule is COC(=O)C(COc1cc(C(F)(F)F)cc(C(F)(F)F)c1)NC(=O)OC(C)(C)C. The molecule has 12 heteroatoms. The summed E-state index contributed by atoms with van der Waals surface area (Å²) in [5.74, 6) is -1.84. The molecular weight excluding hydrogens is 412 g/mol. The Morgan fingerprint density at radius 1 is 0.966 bits per heavy atom. The van der Waals surface area contributed by atoms with E-state index in [1.807, 2.05) is 0 Å². The van der Waals surface area contributed by atoms with Gasteiger partial charge in [0.25, 0.3) is 0 Å². The van der Waals surface area contributed by atoms with Crippen molar-refractivity contribution in [1.82, 2.24) is 5.32 Å². The zero-order chi connectivity index (χ0) is 22.6. The first-order valence-corrected chi connectivity index (χ1v) is 8.02. The van der Waals surface area contributed by atoms with E-state index in [1.165, 1.54) is 20.8 Å². The smallest absolute Gasteiger partial charge is 0.416 e. The lowest BCUT2D eigenvalue weighted by Gasteiger charge is -2.23. The summed E-state index contributed by atoms with van der Waals surface area (Å²) in [6.07, 6.45) is -11.2. The topological polar surface area (TPSA) is 73.9 Å². The fraction of sp³-hybridized carbons (Fsp3) is 0.529. The number of rotatable bonds is 5. The predicted molar refractivity (Wildman–Crippen MR) is 87.1 cm³/mol. The highest BCUT2D eigenvalue weighted by Gasteiger charge is 2.37. The average Bonchev–Trinajstić information content (AvgIpc) is 2.54. The average molecular weight is 431 g/mol. The number of methoxy groups -OCH3 is 1. The maximum absolute atomic E-state index is 12.9. The van der Waals surface area contributed by atoms with Crippen molar-refractivity contribution < 1.29 is 50.1 Å². The fourth-order valence-electron chi connectivity index (χ4n) is 1.95. The van der Waals surface area contributed by atoms with Gasteiger partial charge in [-0.2, -0.15) is 26.3 Å². The quantitative estimate of drug-likeness (QED) is 0.560. The standard InChI is InChI=1S/C17H19F6NO5/c1-15(2,3)29-14(26)24-12(13(25)27-4)8-28-11-6-9(16(18,19)20)5-10(7-11)17(21,22)23/h5-7,12H,8H2,1-4H3,(H,24,26). The summed E-state index contributed by atoms with van der Waals surface area (Å²) in [5.41, 5.74) is -4.09. The number of halogens is 6. The van der Waals surface area contributed by atoms with Crippen molar-refractivity contribution in [3.05, 3.63) is 29.3 Å². The summed E-state index contributed by atoms with van der Waals surface area (Å²) in [5, 5.41) is 2.08. The van der Waals surface area contributed by atoms with Crippen LogP contribution in [-0.2, 0) is 26.6 Å². The third-order valence-electron chi connectivity index (χ3n) is 3.15. The van der Waals surface area contributed by atoms with Crippen molar-refractivity contribution in [3.63, 3.8) is 0 Å². The molecule has 0 bridgehead atoms. The van der Waals surface area contributed by atoms with Gasteiger partial charge in [-0.05, 0) is 39.0 Å². The first-order valence-electron chi connectivity index (χ1n) is 8.02. The van der Waals surface area contributed by atoms with Crippen molar-refractivity contribution in [2.24, 2.45) is 0 Å². The Morgan fingerprint density at radius 3 is 1.83 bits per heavy atom. The Kier molecular flexibility index (Phi) is 7.38. The molecule has 1 aromatic rings. The Bertz CT molecular complexity index is 707. The number of carbonyl (C=O) groups is 2. The molecule has 0 aliphatic rings. The molecule has 1 rings (SSSR count). The van der Waals surface area contributed by atoms with Crippen LogP contribution in [0.2, 0.25) is 0 Å². The summed E-state index contributed by atoms with van der Waals surface area (Å²) >= 11 is 0. The van der Waals surface area contributed by atoms with Crippen LogP contribution in [0.15, 0.2) is 18.2 Å². The molecule has 0 aliphatic heterocycles. The summed E-state index contributed by atoms with van der Waals surface area (Å²) < 4.78 is 91.6. The molecule has 1 atom stereocenters. The van der Waals surface area contributed by atoms with Crippen LogP contribution in [0, 0.1) is 0 Å². The molecule has 1 amide bonds. The van der Waals surface area contributed by atoms with Crippen LogP contribution < -0.4 is 10.1 Å². The minimum absolute atomic E-state index is 0.0659. The second-order valence-electron chi connectivity index (χ2n) is 6.77. The predicted octanol–water partition coefficient (Wildman–Crippen LogP) is 4.17. The first kappa shape index (κ1) is 24.4. The molecule has 0 fully saturated rings. The second-order valence-corrected chi connectivity index (χ2v) is 6.77. The normalized spacial score (nSPS) is 13.4. The highest BCUT2D eigenvalue weighted by molar-refractivity contribution is 5.81.